The molecule has 22 heavy (non-hydrogen) atoms. The minimum atomic E-state index is -3.37. The van der Waals surface area contributed by atoms with E-state index >= 15 is 0 Å². The van der Waals surface area contributed by atoms with Crippen molar-refractivity contribution in [2.24, 2.45) is 0 Å². The van der Waals surface area contributed by atoms with Crippen LogP contribution in [0.2, 0.25) is 0 Å². The number of aromatic nitrogens is 2. The molecule has 0 saturated carbocycles. The number of para-hydroxylation sites is 2. The van der Waals surface area contributed by atoms with Crippen molar-refractivity contribution in [2.75, 3.05) is 13.1 Å². The van der Waals surface area contributed by atoms with E-state index in [-0.39, 0.29) is 5.92 Å². The Morgan fingerprint density at radius 2 is 2.00 bits per heavy atom. The number of nitrogens with zero attached hydrogens (tertiary/aromatic N) is 2. The Kier molecular flexibility index (Phi) is 3.37. The maximum absolute atomic E-state index is 12.5. The molecule has 114 valence electrons. The highest BCUT2D eigenvalue weighted by molar-refractivity contribution is 9.11. The molecule has 1 aromatic carbocycles. The van der Waals surface area contributed by atoms with Crippen LogP contribution in [0.15, 0.2) is 44.4 Å². The maximum Gasteiger partial charge on any atom is 0.252 e. The number of aromatic amines is 1. The van der Waals surface area contributed by atoms with Crippen molar-refractivity contribution in [1.82, 2.24) is 14.3 Å². The Hall–Kier alpha value is -1.22. The third-order valence-corrected chi connectivity index (χ3v) is 7.71. The molecule has 3 aromatic rings. The summed E-state index contributed by atoms with van der Waals surface area (Å²) in [6.45, 7) is 0.940. The van der Waals surface area contributed by atoms with E-state index in [1.54, 1.807) is 12.1 Å². The largest absolute Gasteiger partial charge is 0.342 e. The van der Waals surface area contributed by atoms with Gasteiger partial charge < -0.3 is 4.98 Å². The van der Waals surface area contributed by atoms with Crippen molar-refractivity contribution in [3.05, 3.63) is 46.0 Å². The normalized spacial score (nSPS) is 17.0. The first-order valence-corrected chi connectivity index (χ1v) is 9.79. The van der Waals surface area contributed by atoms with Crippen molar-refractivity contribution in [2.45, 2.75) is 10.1 Å². The zero-order valence-electron chi connectivity index (χ0n) is 11.4. The number of rotatable bonds is 3. The fraction of sp³-hybridized carbons (Fsp3) is 0.214. The lowest BCUT2D eigenvalue weighted by Gasteiger charge is -2.36. The first kappa shape index (κ1) is 14.4. The number of hydrogen-bond acceptors (Lipinski definition) is 4. The molecule has 1 aliphatic rings. The molecule has 0 spiro atoms. The molecule has 0 atom stereocenters. The number of halogens is 1. The van der Waals surface area contributed by atoms with Crippen LogP contribution in [0.1, 0.15) is 11.7 Å². The summed E-state index contributed by atoms with van der Waals surface area (Å²) < 4.78 is 27.6. The summed E-state index contributed by atoms with van der Waals surface area (Å²) in [4.78, 5) is 7.82. The second-order valence-electron chi connectivity index (χ2n) is 5.22. The second kappa shape index (κ2) is 5.16. The van der Waals surface area contributed by atoms with Crippen molar-refractivity contribution in [1.29, 1.82) is 0 Å². The predicted octanol–water partition coefficient (Wildman–Crippen LogP) is 3.18. The maximum atomic E-state index is 12.5. The summed E-state index contributed by atoms with van der Waals surface area (Å²) in [6, 6.07) is 11.2. The fourth-order valence-corrected chi connectivity index (χ4v) is 6.23. The summed E-state index contributed by atoms with van der Waals surface area (Å²) in [6.07, 6.45) is 0. The highest BCUT2D eigenvalue weighted by Gasteiger charge is 2.39. The summed E-state index contributed by atoms with van der Waals surface area (Å²) in [7, 11) is -3.37. The van der Waals surface area contributed by atoms with Gasteiger partial charge in [0.1, 0.15) is 10.0 Å². The van der Waals surface area contributed by atoms with E-state index in [1.165, 1.54) is 15.6 Å². The van der Waals surface area contributed by atoms with Gasteiger partial charge in [0.25, 0.3) is 10.0 Å². The van der Waals surface area contributed by atoms with Gasteiger partial charge in [-0.25, -0.2) is 13.4 Å². The third kappa shape index (κ3) is 2.30. The summed E-state index contributed by atoms with van der Waals surface area (Å²) >= 11 is 4.54. The van der Waals surface area contributed by atoms with Gasteiger partial charge in [0.05, 0.1) is 14.8 Å². The minimum Gasteiger partial charge on any atom is -0.342 e. The lowest BCUT2D eigenvalue weighted by atomic mass is 10.0. The van der Waals surface area contributed by atoms with Crippen molar-refractivity contribution in [3.63, 3.8) is 0 Å². The van der Waals surface area contributed by atoms with Crippen LogP contribution >= 0.6 is 27.3 Å². The van der Waals surface area contributed by atoms with Gasteiger partial charge in [0.2, 0.25) is 0 Å². The lowest BCUT2D eigenvalue weighted by molar-refractivity contribution is 0.258. The first-order chi connectivity index (χ1) is 10.5. The van der Waals surface area contributed by atoms with Crippen molar-refractivity contribution >= 4 is 48.3 Å². The van der Waals surface area contributed by atoms with E-state index in [0.29, 0.717) is 17.3 Å². The molecule has 8 heteroatoms. The predicted molar refractivity (Wildman–Crippen MR) is 89.6 cm³/mol. The zero-order chi connectivity index (χ0) is 15.3. The Bertz CT molecular complexity index is 909. The third-order valence-electron chi connectivity index (χ3n) is 3.79. The number of fused-ring (bicyclic) bond motifs is 1. The number of sulfonamides is 1. The van der Waals surface area contributed by atoms with E-state index < -0.39 is 10.0 Å². The van der Waals surface area contributed by atoms with Gasteiger partial charge in [0.15, 0.2) is 0 Å². The van der Waals surface area contributed by atoms with Crippen LogP contribution in [0, 0.1) is 0 Å². The summed E-state index contributed by atoms with van der Waals surface area (Å²) in [5, 5.41) is 0. The molecule has 1 fully saturated rings. The second-order valence-corrected chi connectivity index (χ2v) is 9.84. The van der Waals surface area contributed by atoms with Gasteiger partial charge in [0, 0.05) is 19.0 Å². The van der Waals surface area contributed by atoms with Gasteiger partial charge in [-0.1, -0.05) is 12.1 Å². The molecule has 4 rings (SSSR count). The number of imidazole rings is 1. The van der Waals surface area contributed by atoms with Crippen molar-refractivity contribution < 1.29 is 8.42 Å². The van der Waals surface area contributed by atoms with E-state index in [9.17, 15) is 8.42 Å². The standard InChI is InChI=1S/C14H12BrN3O2S2/c15-12-5-6-13(21-12)22(19,20)18-7-9(8-18)14-16-10-3-1-2-4-11(10)17-14/h1-6,9H,7-8H2,(H,16,17). The van der Waals surface area contributed by atoms with Gasteiger partial charge in [-0.15, -0.1) is 11.3 Å². The van der Waals surface area contributed by atoms with E-state index in [1.807, 2.05) is 24.3 Å². The molecule has 0 bridgehead atoms. The monoisotopic (exact) mass is 397 g/mol. The number of benzene rings is 1. The van der Waals surface area contributed by atoms with E-state index in [4.69, 9.17) is 0 Å². The molecular weight excluding hydrogens is 386 g/mol. The molecule has 3 heterocycles. The van der Waals surface area contributed by atoms with Crippen LogP contribution in [-0.4, -0.2) is 35.8 Å². The van der Waals surface area contributed by atoms with Crippen LogP contribution < -0.4 is 0 Å². The number of H-pyrrole nitrogens is 1. The molecule has 1 saturated heterocycles. The van der Waals surface area contributed by atoms with Gasteiger partial charge in [-0.05, 0) is 40.2 Å². The Labute approximate surface area is 140 Å². The number of nitrogens with one attached hydrogen (secondary N) is 1. The molecule has 0 unspecified atom stereocenters. The molecule has 2 aromatic heterocycles. The van der Waals surface area contributed by atoms with Crippen molar-refractivity contribution in [3.8, 4) is 0 Å². The zero-order valence-corrected chi connectivity index (χ0v) is 14.6. The summed E-state index contributed by atoms with van der Waals surface area (Å²) in [5.41, 5.74) is 1.90. The van der Waals surface area contributed by atoms with Crippen LogP contribution in [0.3, 0.4) is 0 Å². The Morgan fingerprint density at radius 1 is 1.23 bits per heavy atom. The highest BCUT2D eigenvalue weighted by Crippen LogP contribution is 2.35. The fourth-order valence-electron chi connectivity index (χ4n) is 2.54. The van der Waals surface area contributed by atoms with Crippen LogP contribution in [0.5, 0.6) is 0 Å². The Morgan fingerprint density at radius 3 is 2.68 bits per heavy atom. The lowest BCUT2D eigenvalue weighted by Crippen LogP contribution is -2.48. The van der Waals surface area contributed by atoms with Gasteiger partial charge >= 0.3 is 0 Å². The van der Waals surface area contributed by atoms with Gasteiger partial charge in [-0.3, -0.25) is 0 Å². The average molecular weight is 398 g/mol. The SMILES string of the molecule is O=S(=O)(c1ccc(Br)s1)N1CC(c2nc3ccccc3[nH]2)C1. The number of thiophene rings is 1. The first-order valence-electron chi connectivity index (χ1n) is 6.74. The van der Waals surface area contributed by atoms with E-state index in [0.717, 1.165) is 20.6 Å². The molecule has 0 amide bonds. The molecule has 1 N–H and O–H groups in total. The quantitative estimate of drug-likeness (QED) is 0.737. The van der Waals surface area contributed by atoms with Crippen LogP contribution in [0.4, 0.5) is 0 Å². The van der Waals surface area contributed by atoms with E-state index in [2.05, 4.69) is 25.9 Å². The van der Waals surface area contributed by atoms with Crippen LogP contribution in [-0.2, 0) is 10.0 Å². The highest BCUT2D eigenvalue weighted by atomic mass is 79.9. The van der Waals surface area contributed by atoms with Crippen LogP contribution in [0.25, 0.3) is 11.0 Å². The molecule has 1 aliphatic heterocycles. The molecular formula is C14H12BrN3O2S2. The average Bonchev–Trinajstić information content (AvgIpc) is 3.02. The topological polar surface area (TPSA) is 66.1 Å². The minimum absolute atomic E-state index is 0.130. The molecule has 0 radical (unpaired) electrons. The smallest absolute Gasteiger partial charge is 0.252 e. The summed E-state index contributed by atoms with van der Waals surface area (Å²) in [5.74, 6) is 0.991. The molecule has 5 nitrogen and oxygen atoms in total. The number of hydrogen-bond donors (Lipinski definition) is 1. The Balaban J connectivity index is 1.54. The van der Waals surface area contributed by atoms with Gasteiger partial charge in [-0.2, -0.15) is 4.31 Å². The molecule has 0 aliphatic carbocycles.